The molecule has 1 fully saturated rings. The smallest absolute Gasteiger partial charge is 0.356 e. The first-order chi connectivity index (χ1) is 13.6. The Hall–Kier alpha value is -2.24. The van der Waals surface area contributed by atoms with Gasteiger partial charge in [0.15, 0.2) is 6.23 Å². The molecule has 1 unspecified atom stereocenters. The third kappa shape index (κ3) is 5.22. The van der Waals surface area contributed by atoms with Gasteiger partial charge in [-0.25, -0.2) is 4.68 Å². The summed E-state index contributed by atoms with van der Waals surface area (Å²) in [4.78, 5) is 12.0. The molecule has 0 amide bonds. The predicted octanol–water partition coefficient (Wildman–Crippen LogP) is 2.99. The number of rotatable bonds is 5. The average Bonchev–Trinajstić information content (AvgIpc) is 2.66. The molecule has 0 spiro atoms. The summed E-state index contributed by atoms with van der Waals surface area (Å²) in [7, 11) is -4.32. The van der Waals surface area contributed by atoms with E-state index < -0.39 is 33.6 Å². The van der Waals surface area contributed by atoms with Crippen molar-refractivity contribution in [1.82, 2.24) is 9.78 Å². The Kier molecular flexibility index (Phi) is 6.11. The average molecular weight is 432 g/mol. The number of aromatic nitrogens is 2. The standard InChI is InChI=1S/C18H19F3N2O5S/c19-18(20,21)15-11-13(22-23(17(15)24)16-3-1-2-10-28-16)7-4-12-5-8-14(9-6-12)29(25,26)27/h5-6,8-9,11,16H,1-4,7,10H2,(H,25,26,27). The molecule has 29 heavy (non-hydrogen) atoms. The van der Waals surface area contributed by atoms with E-state index in [2.05, 4.69) is 5.10 Å². The topological polar surface area (TPSA) is 98.5 Å². The Morgan fingerprint density at radius 3 is 2.41 bits per heavy atom. The maximum Gasteiger partial charge on any atom is 0.421 e. The van der Waals surface area contributed by atoms with Crippen LogP contribution in [0.25, 0.3) is 0 Å². The van der Waals surface area contributed by atoms with Crippen molar-refractivity contribution in [2.24, 2.45) is 0 Å². The number of alkyl halides is 3. The summed E-state index contributed by atoms with van der Waals surface area (Å²) in [5, 5.41) is 4.09. The molecular formula is C18H19F3N2O5S. The van der Waals surface area contributed by atoms with E-state index in [9.17, 15) is 26.4 Å². The lowest BCUT2D eigenvalue weighted by atomic mass is 10.1. The van der Waals surface area contributed by atoms with Gasteiger partial charge in [0.1, 0.15) is 5.56 Å². The van der Waals surface area contributed by atoms with Crippen molar-refractivity contribution in [3.63, 3.8) is 0 Å². The van der Waals surface area contributed by atoms with Crippen LogP contribution < -0.4 is 5.56 Å². The maximum absolute atomic E-state index is 13.3. The Morgan fingerprint density at radius 2 is 1.86 bits per heavy atom. The second-order valence-corrected chi connectivity index (χ2v) is 8.16. The van der Waals surface area contributed by atoms with Gasteiger partial charge in [-0.2, -0.15) is 26.7 Å². The van der Waals surface area contributed by atoms with E-state index in [1.807, 2.05) is 0 Å². The molecule has 0 bridgehead atoms. The number of halogens is 3. The summed E-state index contributed by atoms with van der Waals surface area (Å²) in [5.74, 6) is 0. The molecule has 158 valence electrons. The van der Waals surface area contributed by atoms with Crippen LogP contribution in [-0.4, -0.2) is 29.4 Å². The lowest BCUT2D eigenvalue weighted by molar-refractivity contribution is -0.140. The van der Waals surface area contributed by atoms with E-state index in [1.54, 1.807) is 0 Å². The van der Waals surface area contributed by atoms with Crippen LogP contribution in [0.1, 0.15) is 42.3 Å². The summed E-state index contributed by atoms with van der Waals surface area (Å²) in [6.45, 7) is 0.352. The van der Waals surface area contributed by atoms with Crippen LogP contribution in [0.15, 0.2) is 40.0 Å². The van der Waals surface area contributed by atoms with Crippen molar-refractivity contribution < 1.29 is 30.9 Å². The molecule has 1 aliphatic heterocycles. The van der Waals surface area contributed by atoms with E-state index in [4.69, 9.17) is 9.29 Å². The van der Waals surface area contributed by atoms with Crippen molar-refractivity contribution in [1.29, 1.82) is 0 Å². The highest BCUT2D eigenvalue weighted by molar-refractivity contribution is 7.85. The van der Waals surface area contributed by atoms with Crippen LogP contribution in [-0.2, 0) is 33.9 Å². The van der Waals surface area contributed by atoms with Crippen molar-refractivity contribution >= 4 is 10.1 Å². The summed E-state index contributed by atoms with van der Waals surface area (Å²) in [5.41, 5.74) is -1.81. The second-order valence-electron chi connectivity index (χ2n) is 6.74. The third-order valence-corrected chi connectivity index (χ3v) is 5.48. The fraction of sp³-hybridized carbons (Fsp3) is 0.444. The van der Waals surface area contributed by atoms with E-state index in [0.29, 0.717) is 18.6 Å². The zero-order valence-corrected chi connectivity index (χ0v) is 16.0. The fourth-order valence-corrected chi connectivity index (χ4v) is 3.58. The van der Waals surface area contributed by atoms with Gasteiger partial charge in [-0.15, -0.1) is 0 Å². The van der Waals surface area contributed by atoms with Crippen LogP contribution in [0.3, 0.4) is 0 Å². The van der Waals surface area contributed by atoms with Gasteiger partial charge < -0.3 is 4.74 Å². The molecule has 1 saturated heterocycles. The van der Waals surface area contributed by atoms with Crippen LogP contribution in [0.5, 0.6) is 0 Å². The highest BCUT2D eigenvalue weighted by Crippen LogP contribution is 2.28. The molecule has 2 heterocycles. The molecule has 0 aliphatic carbocycles. The van der Waals surface area contributed by atoms with Crippen LogP contribution in [0.2, 0.25) is 0 Å². The zero-order chi connectivity index (χ0) is 21.2. The molecule has 0 radical (unpaired) electrons. The normalized spacial score (nSPS) is 18.0. The highest BCUT2D eigenvalue weighted by Gasteiger charge is 2.36. The minimum Gasteiger partial charge on any atom is -0.356 e. The number of aryl methyl sites for hydroxylation is 2. The van der Waals surface area contributed by atoms with Gasteiger partial charge in [-0.05, 0) is 55.9 Å². The minimum atomic E-state index is -4.82. The van der Waals surface area contributed by atoms with Gasteiger partial charge in [-0.3, -0.25) is 9.35 Å². The molecule has 1 aromatic heterocycles. The summed E-state index contributed by atoms with van der Waals surface area (Å²) in [6.07, 6.45) is -3.37. The van der Waals surface area contributed by atoms with Crippen LogP contribution >= 0.6 is 0 Å². The number of ether oxygens (including phenoxy) is 1. The van der Waals surface area contributed by atoms with E-state index >= 15 is 0 Å². The first kappa shape index (κ1) is 21.5. The largest absolute Gasteiger partial charge is 0.421 e. The molecule has 2 aromatic rings. The predicted molar refractivity (Wildman–Crippen MR) is 96.0 cm³/mol. The fourth-order valence-electron chi connectivity index (χ4n) is 3.10. The van der Waals surface area contributed by atoms with Gasteiger partial charge in [0.2, 0.25) is 0 Å². The van der Waals surface area contributed by atoms with Gasteiger partial charge in [0.25, 0.3) is 15.7 Å². The second kappa shape index (κ2) is 8.25. The Labute approximate surface area is 164 Å². The third-order valence-electron chi connectivity index (χ3n) is 4.61. The van der Waals surface area contributed by atoms with Crippen LogP contribution in [0.4, 0.5) is 13.2 Å². The molecule has 11 heteroatoms. The Bertz CT molecular complexity index is 1030. The van der Waals surface area contributed by atoms with Gasteiger partial charge >= 0.3 is 6.18 Å². The molecule has 0 saturated carbocycles. The molecule has 1 N–H and O–H groups in total. The molecule has 7 nitrogen and oxygen atoms in total. The van der Waals surface area contributed by atoms with E-state index in [-0.39, 0.29) is 23.4 Å². The van der Waals surface area contributed by atoms with E-state index in [0.717, 1.165) is 23.6 Å². The van der Waals surface area contributed by atoms with Gasteiger partial charge in [0, 0.05) is 6.61 Å². The molecule has 1 aliphatic rings. The first-order valence-corrected chi connectivity index (χ1v) is 10.4. The Morgan fingerprint density at radius 1 is 1.17 bits per heavy atom. The lowest BCUT2D eigenvalue weighted by Crippen LogP contribution is -2.36. The van der Waals surface area contributed by atoms with Crippen molar-refractivity contribution in [2.45, 2.75) is 49.4 Å². The number of benzene rings is 1. The number of hydrogen-bond acceptors (Lipinski definition) is 5. The Balaban J connectivity index is 1.87. The number of nitrogens with zero attached hydrogens (tertiary/aromatic N) is 2. The van der Waals surface area contributed by atoms with Crippen molar-refractivity contribution in [2.75, 3.05) is 6.61 Å². The van der Waals surface area contributed by atoms with E-state index in [1.165, 1.54) is 24.3 Å². The molecule has 3 rings (SSSR count). The monoisotopic (exact) mass is 432 g/mol. The first-order valence-electron chi connectivity index (χ1n) is 8.93. The lowest BCUT2D eigenvalue weighted by Gasteiger charge is -2.24. The van der Waals surface area contributed by atoms with Gasteiger partial charge in [-0.1, -0.05) is 12.1 Å². The zero-order valence-electron chi connectivity index (χ0n) is 15.2. The molecule has 1 atom stereocenters. The van der Waals surface area contributed by atoms with Crippen molar-refractivity contribution in [3.8, 4) is 0 Å². The minimum absolute atomic E-state index is 0.0740. The SMILES string of the molecule is O=c1c(C(F)(F)F)cc(CCc2ccc(S(=O)(=O)O)cc2)nn1C1CCCCO1. The van der Waals surface area contributed by atoms with Gasteiger partial charge in [0.05, 0.1) is 10.6 Å². The number of hydrogen-bond donors (Lipinski definition) is 1. The molecular weight excluding hydrogens is 413 g/mol. The highest BCUT2D eigenvalue weighted by atomic mass is 32.2. The summed E-state index contributed by atoms with van der Waals surface area (Å²) >= 11 is 0. The quantitative estimate of drug-likeness (QED) is 0.730. The van der Waals surface area contributed by atoms with Crippen molar-refractivity contribution in [3.05, 3.63) is 57.5 Å². The molecule has 1 aromatic carbocycles. The summed E-state index contributed by atoms with van der Waals surface area (Å²) in [6, 6.07) is 6.06. The summed E-state index contributed by atoms with van der Waals surface area (Å²) < 4.78 is 77.3. The maximum atomic E-state index is 13.3. The van der Waals surface area contributed by atoms with Crippen LogP contribution in [0, 0.1) is 0 Å².